The first kappa shape index (κ1) is 22.2. The molecule has 0 aliphatic carbocycles. The Hall–Kier alpha value is -2.46. The topological polar surface area (TPSA) is 84.3 Å². The lowest BCUT2D eigenvalue weighted by Gasteiger charge is -2.17. The smallest absolute Gasteiger partial charge is 0.243 e. The van der Waals surface area contributed by atoms with E-state index in [0.29, 0.717) is 15.9 Å². The van der Waals surface area contributed by atoms with E-state index < -0.39 is 28.3 Å². The van der Waals surface area contributed by atoms with Crippen molar-refractivity contribution in [2.45, 2.75) is 11.4 Å². The number of sulfonamides is 1. The van der Waals surface area contributed by atoms with Crippen LogP contribution in [0.2, 0.25) is 10.0 Å². The Kier molecular flexibility index (Phi) is 6.77. The molecule has 0 bridgehead atoms. The highest BCUT2D eigenvalue weighted by atomic mass is 35.5. The molecule has 0 spiro atoms. The summed E-state index contributed by atoms with van der Waals surface area (Å²) in [5, 5.41) is 7.75. The first-order valence-electron chi connectivity index (χ1n) is 8.64. The van der Waals surface area contributed by atoms with Gasteiger partial charge in [0.15, 0.2) is 0 Å². The molecule has 0 fully saturated rings. The minimum Gasteiger partial charge on any atom is -0.310 e. The van der Waals surface area contributed by atoms with Crippen LogP contribution < -0.4 is 5.32 Å². The Morgan fingerprint density at radius 2 is 1.87 bits per heavy atom. The van der Waals surface area contributed by atoms with E-state index in [1.54, 1.807) is 24.3 Å². The van der Waals surface area contributed by atoms with Gasteiger partial charge in [-0.05, 0) is 42.0 Å². The van der Waals surface area contributed by atoms with E-state index in [1.165, 1.54) is 17.9 Å². The first-order valence-corrected chi connectivity index (χ1v) is 10.8. The molecular weight excluding hydrogens is 454 g/mol. The number of nitrogens with one attached hydrogen (secondary N) is 1. The van der Waals surface area contributed by atoms with Crippen molar-refractivity contribution in [3.8, 4) is 0 Å². The van der Waals surface area contributed by atoms with Crippen LogP contribution in [0, 0.1) is 5.82 Å². The van der Waals surface area contributed by atoms with Gasteiger partial charge in [0, 0.05) is 23.2 Å². The predicted octanol–water partition coefficient (Wildman–Crippen LogP) is 3.64. The lowest BCUT2D eigenvalue weighted by atomic mass is 10.2. The maximum Gasteiger partial charge on any atom is 0.243 e. The average molecular weight is 471 g/mol. The Balaban J connectivity index is 1.68. The van der Waals surface area contributed by atoms with Gasteiger partial charge in [-0.1, -0.05) is 29.3 Å². The van der Waals surface area contributed by atoms with Gasteiger partial charge in [-0.25, -0.2) is 17.5 Å². The van der Waals surface area contributed by atoms with Gasteiger partial charge < -0.3 is 5.32 Å². The zero-order chi connectivity index (χ0) is 21.9. The molecule has 0 saturated carbocycles. The van der Waals surface area contributed by atoms with Gasteiger partial charge in [0.05, 0.1) is 24.2 Å². The number of carbonyl (C=O) groups excluding carboxylic acids is 1. The fraction of sp³-hybridized carbons (Fsp3) is 0.158. The zero-order valence-corrected chi connectivity index (χ0v) is 18.0. The quantitative estimate of drug-likeness (QED) is 0.571. The van der Waals surface area contributed by atoms with Crippen molar-refractivity contribution in [1.82, 2.24) is 14.1 Å². The summed E-state index contributed by atoms with van der Waals surface area (Å²) in [4.78, 5) is 12.3. The Bertz CT molecular complexity index is 1170. The van der Waals surface area contributed by atoms with E-state index >= 15 is 0 Å². The third kappa shape index (κ3) is 5.17. The van der Waals surface area contributed by atoms with Crippen LogP contribution in [0.15, 0.2) is 59.6 Å². The largest absolute Gasteiger partial charge is 0.310 e. The third-order valence-corrected chi connectivity index (χ3v) is 6.61. The summed E-state index contributed by atoms with van der Waals surface area (Å²) >= 11 is 12.1. The van der Waals surface area contributed by atoms with Crippen LogP contribution in [0.5, 0.6) is 0 Å². The average Bonchev–Trinajstić information content (AvgIpc) is 3.10. The van der Waals surface area contributed by atoms with Crippen LogP contribution >= 0.6 is 23.2 Å². The van der Waals surface area contributed by atoms with Gasteiger partial charge >= 0.3 is 0 Å². The number of aromatic nitrogens is 2. The molecule has 0 aliphatic rings. The van der Waals surface area contributed by atoms with Crippen molar-refractivity contribution >= 4 is 45.0 Å². The molecule has 3 aromatic rings. The Morgan fingerprint density at radius 1 is 1.17 bits per heavy atom. The number of halogens is 3. The van der Waals surface area contributed by atoms with Gasteiger partial charge in [0.1, 0.15) is 11.6 Å². The van der Waals surface area contributed by atoms with Crippen LogP contribution in [-0.2, 0) is 21.4 Å². The minimum atomic E-state index is -3.94. The molecule has 1 amide bonds. The maximum atomic E-state index is 13.0. The Labute approximate surface area is 183 Å². The summed E-state index contributed by atoms with van der Waals surface area (Å²) in [6.07, 6.45) is 1.50. The summed E-state index contributed by atoms with van der Waals surface area (Å²) < 4.78 is 40.5. The lowest BCUT2D eigenvalue weighted by Crippen LogP contribution is -2.35. The van der Waals surface area contributed by atoms with Crippen LogP contribution in [0.25, 0.3) is 0 Å². The van der Waals surface area contributed by atoms with Crippen molar-refractivity contribution in [2.75, 3.05) is 18.9 Å². The molecule has 1 heterocycles. The molecule has 1 N–H and O–H groups in total. The molecule has 0 saturated heterocycles. The van der Waals surface area contributed by atoms with Crippen LogP contribution in [0.3, 0.4) is 0 Å². The number of rotatable bonds is 7. The molecular formula is C19H17Cl2FN4O3S. The molecule has 0 atom stereocenters. The molecule has 0 aliphatic heterocycles. The van der Waals surface area contributed by atoms with Crippen LogP contribution in [-0.4, -0.2) is 42.0 Å². The van der Waals surface area contributed by atoms with Gasteiger partial charge in [-0.3, -0.25) is 4.79 Å². The van der Waals surface area contributed by atoms with Gasteiger partial charge in [-0.15, -0.1) is 0 Å². The number of hydrogen-bond acceptors (Lipinski definition) is 4. The standard InChI is InChI=1S/C19H17Cl2FN4O3S/c1-25(30(28,29)16-6-4-15(22)5-7-16)12-19(27)24-18-8-9-23-26(18)11-13-2-3-14(20)10-17(13)21/h2-10H,11-12H2,1H3,(H,24,27). The second kappa shape index (κ2) is 9.13. The summed E-state index contributed by atoms with van der Waals surface area (Å²) in [7, 11) is -2.68. The number of hydrogen-bond donors (Lipinski definition) is 1. The number of carbonyl (C=O) groups is 1. The minimum absolute atomic E-state index is 0.110. The van der Waals surface area contributed by atoms with Crippen molar-refractivity contribution in [3.05, 3.63) is 76.2 Å². The van der Waals surface area contributed by atoms with Crippen LogP contribution in [0.1, 0.15) is 5.56 Å². The van der Waals surface area contributed by atoms with Crippen molar-refractivity contribution in [2.24, 2.45) is 0 Å². The summed E-state index contributed by atoms with van der Waals surface area (Å²) in [6.45, 7) is -0.158. The number of anilines is 1. The lowest BCUT2D eigenvalue weighted by molar-refractivity contribution is -0.116. The molecule has 0 radical (unpaired) electrons. The molecule has 158 valence electrons. The van der Waals surface area contributed by atoms with Gasteiger partial charge in [0.25, 0.3) is 0 Å². The molecule has 7 nitrogen and oxygen atoms in total. The highest BCUT2D eigenvalue weighted by molar-refractivity contribution is 7.89. The van der Waals surface area contributed by atoms with E-state index in [-0.39, 0.29) is 11.4 Å². The van der Waals surface area contributed by atoms with E-state index in [1.807, 2.05) is 0 Å². The molecule has 30 heavy (non-hydrogen) atoms. The number of amides is 1. The Morgan fingerprint density at radius 3 is 2.53 bits per heavy atom. The van der Waals surface area contributed by atoms with Crippen molar-refractivity contribution in [3.63, 3.8) is 0 Å². The summed E-state index contributed by atoms with van der Waals surface area (Å²) in [5.41, 5.74) is 0.747. The first-order chi connectivity index (χ1) is 14.2. The number of benzene rings is 2. The molecule has 11 heteroatoms. The maximum absolute atomic E-state index is 13.0. The zero-order valence-electron chi connectivity index (χ0n) is 15.7. The second-order valence-electron chi connectivity index (χ2n) is 6.37. The van der Waals surface area contributed by atoms with Gasteiger partial charge in [-0.2, -0.15) is 9.40 Å². The van der Waals surface area contributed by atoms with E-state index in [2.05, 4.69) is 10.4 Å². The summed E-state index contributed by atoms with van der Waals surface area (Å²) in [5.74, 6) is -0.742. The van der Waals surface area contributed by atoms with E-state index in [9.17, 15) is 17.6 Å². The molecule has 1 aromatic heterocycles. The number of likely N-dealkylation sites (N-methyl/N-ethyl adjacent to an activating group) is 1. The molecule has 2 aromatic carbocycles. The van der Waals surface area contributed by atoms with Gasteiger partial charge in [0.2, 0.25) is 15.9 Å². The number of nitrogens with zero attached hydrogens (tertiary/aromatic N) is 3. The van der Waals surface area contributed by atoms with E-state index in [0.717, 1.165) is 34.1 Å². The van der Waals surface area contributed by atoms with Crippen molar-refractivity contribution in [1.29, 1.82) is 0 Å². The SMILES string of the molecule is CN(CC(=O)Nc1ccnn1Cc1ccc(Cl)cc1Cl)S(=O)(=O)c1ccc(F)cc1. The fourth-order valence-electron chi connectivity index (χ4n) is 2.63. The van der Waals surface area contributed by atoms with Crippen molar-refractivity contribution < 1.29 is 17.6 Å². The molecule has 3 rings (SSSR count). The third-order valence-electron chi connectivity index (χ3n) is 4.21. The highest BCUT2D eigenvalue weighted by Gasteiger charge is 2.23. The highest BCUT2D eigenvalue weighted by Crippen LogP contribution is 2.23. The second-order valence-corrected chi connectivity index (χ2v) is 9.26. The summed E-state index contributed by atoms with van der Waals surface area (Å²) in [6, 6.07) is 11.0. The van der Waals surface area contributed by atoms with E-state index in [4.69, 9.17) is 23.2 Å². The van der Waals surface area contributed by atoms with Crippen LogP contribution in [0.4, 0.5) is 10.2 Å². The normalized spacial score (nSPS) is 11.6. The predicted molar refractivity (Wildman–Crippen MR) is 113 cm³/mol. The monoisotopic (exact) mass is 470 g/mol. The fourth-order valence-corrected chi connectivity index (χ4v) is 4.23. The molecule has 0 unspecified atom stereocenters.